The Bertz CT molecular complexity index is 982. The fourth-order valence-corrected chi connectivity index (χ4v) is 6.50. The van der Waals surface area contributed by atoms with Gasteiger partial charge in [-0.05, 0) is 55.4 Å². The van der Waals surface area contributed by atoms with Gasteiger partial charge in [-0.2, -0.15) is 17.0 Å². The molecule has 28 heavy (non-hydrogen) atoms. The van der Waals surface area contributed by atoms with Crippen LogP contribution in [-0.4, -0.2) is 53.6 Å². The molecule has 3 N–H and O–H groups in total. The van der Waals surface area contributed by atoms with E-state index < -0.39 is 22.2 Å². The Kier molecular flexibility index (Phi) is 5.39. The van der Waals surface area contributed by atoms with E-state index in [0.717, 1.165) is 36.6 Å². The van der Waals surface area contributed by atoms with Gasteiger partial charge in [-0.3, -0.25) is 4.79 Å². The average Bonchev–Trinajstić information content (AvgIpc) is 3.11. The van der Waals surface area contributed by atoms with E-state index in [2.05, 4.69) is 4.98 Å². The fourth-order valence-electron chi connectivity index (χ4n) is 4.46. The summed E-state index contributed by atoms with van der Waals surface area (Å²) in [5, 5.41) is 1.79. The van der Waals surface area contributed by atoms with Crippen molar-refractivity contribution >= 4 is 38.6 Å². The number of aromatic amines is 1. The van der Waals surface area contributed by atoms with Crippen molar-refractivity contribution in [1.82, 2.24) is 13.6 Å². The summed E-state index contributed by atoms with van der Waals surface area (Å²) in [6.07, 6.45) is 5.55. The molecule has 0 aliphatic carbocycles. The van der Waals surface area contributed by atoms with Crippen molar-refractivity contribution in [3.63, 3.8) is 0 Å². The molecule has 2 fully saturated rings. The lowest BCUT2D eigenvalue weighted by molar-refractivity contribution is -0.122. The largest absolute Gasteiger partial charge is 0.368 e. The summed E-state index contributed by atoms with van der Waals surface area (Å²) >= 11 is 6.15. The minimum Gasteiger partial charge on any atom is -0.368 e. The molecule has 7 nitrogen and oxygen atoms in total. The number of carbonyl (C=O) groups is 1. The monoisotopic (exact) mass is 424 g/mol. The van der Waals surface area contributed by atoms with Crippen LogP contribution in [0.2, 0.25) is 5.02 Å². The van der Waals surface area contributed by atoms with Gasteiger partial charge in [0.25, 0.3) is 10.2 Å². The van der Waals surface area contributed by atoms with Gasteiger partial charge in [0.2, 0.25) is 5.91 Å². The lowest BCUT2D eigenvalue weighted by atomic mass is 9.90. The number of aromatic nitrogens is 1. The normalized spacial score (nSPS) is 23.2. The lowest BCUT2D eigenvalue weighted by Gasteiger charge is -2.39. The molecule has 3 heterocycles. The van der Waals surface area contributed by atoms with Gasteiger partial charge < -0.3 is 10.7 Å². The highest BCUT2D eigenvalue weighted by molar-refractivity contribution is 7.86. The third-order valence-corrected chi connectivity index (χ3v) is 8.26. The molecule has 0 radical (unpaired) electrons. The first-order chi connectivity index (χ1) is 13.4. The SMILES string of the molecule is NC(=O)C1CCCCN1S(=O)(=O)N1CCC(c2c[nH]c3ccc(Cl)cc23)CC1. The maximum atomic E-state index is 13.1. The molecule has 1 amide bonds. The number of halogens is 1. The van der Waals surface area contributed by atoms with Crippen LogP contribution in [0.5, 0.6) is 0 Å². The van der Waals surface area contributed by atoms with E-state index in [1.54, 1.807) is 0 Å². The van der Waals surface area contributed by atoms with Crippen LogP contribution in [0.25, 0.3) is 10.9 Å². The summed E-state index contributed by atoms with van der Waals surface area (Å²) in [6, 6.07) is 5.04. The summed E-state index contributed by atoms with van der Waals surface area (Å²) in [4.78, 5) is 15.0. The number of hydrogen-bond acceptors (Lipinski definition) is 3. The number of piperidine rings is 2. The molecule has 4 rings (SSSR count). The molecular weight excluding hydrogens is 400 g/mol. The fraction of sp³-hybridized carbons (Fsp3) is 0.526. The number of primary amides is 1. The lowest BCUT2D eigenvalue weighted by Crippen LogP contribution is -2.56. The first-order valence-electron chi connectivity index (χ1n) is 9.70. The first-order valence-corrected chi connectivity index (χ1v) is 11.5. The van der Waals surface area contributed by atoms with Crippen molar-refractivity contribution in [3.05, 3.63) is 35.0 Å². The molecule has 2 aromatic rings. The Morgan fingerprint density at radius 2 is 1.89 bits per heavy atom. The van der Waals surface area contributed by atoms with Gasteiger partial charge in [-0.25, -0.2) is 0 Å². The van der Waals surface area contributed by atoms with Crippen LogP contribution in [0.15, 0.2) is 24.4 Å². The van der Waals surface area contributed by atoms with Gasteiger partial charge in [0, 0.05) is 41.8 Å². The van der Waals surface area contributed by atoms with Crippen molar-refractivity contribution in [2.24, 2.45) is 5.73 Å². The molecule has 1 atom stereocenters. The molecule has 1 aromatic carbocycles. The second-order valence-corrected chi connectivity index (χ2v) is 9.96. The molecule has 2 aliphatic heterocycles. The van der Waals surface area contributed by atoms with Crippen molar-refractivity contribution in [2.45, 2.75) is 44.1 Å². The summed E-state index contributed by atoms with van der Waals surface area (Å²) in [7, 11) is -3.68. The van der Waals surface area contributed by atoms with E-state index in [1.807, 2.05) is 24.4 Å². The second kappa shape index (κ2) is 7.67. The summed E-state index contributed by atoms with van der Waals surface area (Å²) in [6.45, 7) is 1.22. The number of benzene rings is 1. The van der Waals surface area contributed by atoms with Gasteiger partial charge >= 0.3 is 0 Å². The maximum absolute atomic E-state index is 13.1. The number of carbonyl (C=O) groups excluding carboxylic acids is 1. The average molecular weight is 425 g/mol. The van der Waals surface area contributed by atoms with Gasteiger partial charge in [-0.1, -0.05) is 18.0 Å². The topological polar surface area (TPSA) is 99.5 Å². The van der Waals surface area contributed by atoms with E-state index in [1.165, 1.54) is 14.2 Å². The van der Waals surface area contributed by atoms with E-state index >= 15 is 0 Å². The smallest absolute Gasteiger partial charge is 0.282 e. The van der Waals surface area contributed by atoms with Crippen LogP contribution in [-0.2, 0) is 15.0 Å². The van der Waals surface area contributed by atoms with Gasteiger partial charge in [0.1, 0.15) is 6.04 Å². The summed E-state index contributed by atoms with van der Waals surface area (Å²) in [5.41, 5.74) is 7.67. The minimum atomic E-state index is -3.68. The zero-order valence-corrected chi connectivity index (χ0v) is 17.2. The van der Waals surface area contributed by atoms with Crippen LogP contribution in [0.4, 0.5) is 0 Å². The summed E-state index contributed by atoms with van der Waals surface area (Å²) in [5.74, 6) is -0.291. The third-order valence-electron chi connectivity index (χ3n) is 5.97. The number of hydrogen-bond donors (Lipinski definition) is 2. The first kappa shape index (κ1) is 19.7. The Labute approximate surface area is 170 Å². The predicted octanol–water partition coefficient (Wildman–Crippen LogP) is 2.59. The number of nitrogens with two attached hydrogens (primary N) is 1. The molecule has 0 spiro atoms. The van der Waals surface area contributed by atoms with Crippen molar-refractivity contribution < 1.29 is 13.2 Å². The Hall–Kier alpha value is -1.61. The van der Waals surface area contributed by atoms with E-state index in [-0.39, 0.29) is 5.92 Å². The molecule has 152 valence electrons. The quantitative estimate of drug-likeness (QED) is 0.788. The van der Waals surface area contributed by atoms with Gasteiger partial charge in [-0.15, -0.1) is 0 Å². The Morgan fingerprint density at radius 3 is 2.61 bits per heavy atom. The molecular formula is C19H25ClN4O3S. The number of nitrogens with zero attached hydrogens (tertiary/aromatic N) is 2. The second-order valence-electron chi connectivity index (χ2n) is 7.64. The van der Waals surface area contributed by atoms with Crippen LogP contribution in [0.1, 0.15) is 43.6 Å². The van der Waals surface area contributed by atoms with Crippen molar-refractivity contribution in [3.8, 4) is 0 Å². The maximum Gasteiger partial charge on any atom is 0.282 e. The minimum absolute atomic E-state index is 0.270. The number of nitrogens with one attached hydrogen (secondary N) is 1. The standard InChI is InChI=1S/C19H25ClN4O3S/c20-14-4-5-17-15(11-14)16(12-22-17)13-6-9-23(10-7-13)28(26,27)24-8-2-1-3-18(24)19(21)25/h4-5,11-13,18,22H,1-3,6-10H2,(H2,21,25). The van der Waals surface area contributed by atoms with Crippen LogP contribution in [0, 0.1) is 0 Å². The number of amides is 1. The Balaban J connectivity index is 1.50. The molecule has 9 heteroatoms. The molecule has 1 unspecified atom stereocenters. The van der Waals surface area contributed by atoms with Gasteiger partial charge in [0.15, 0.2) is 0 Å². The van der Waals surface area contributed by atoms with Crippen molar-refractivity contribution in [2.75, 3.05) is 19.6 Å². The highest BCUT2D eigenvalue weighted by Gasteiger charge is 2.40. The van der Waals surface area contributed by atoms with Crippen molar-refractivity contribution in [1.29, 1.82) is 0 Å². The molecule has 2 aliphatic rings. The zero-order valence-electron chi connectivity index (χ0n) is 15.6. The van der Waals surface area contributed by atoms with Gasteiger partial charge in [0.05, 0.1) is 0 Å². The van der Waals surface area contributed by atoms with Crippen LogP contribution >= 0.6 is 11.6 Å². The number of rotatable bonds is 4. The van der Waals surface area contributed by atoms with Crippen LogP contribution < -0.4 is 5.73 Å². The molecule has 0 saturated carbocycles. The third kappa shape index (κ3) is 3.54. The Morgan fingerprint density at radius 1 is 1.14 bits per heavy atom. The number of fused-ring (bicyclic) bond motifs is 1. The highest BCUT2D eigenvalue weighted by atomic mass is 35.5. The number of H-pyrrole nitrogens is 1. The highest BCUT2D eigenvalue weighted by Crippen LogP contribution is 2.35. The predicted molar refractivity (Wildman–Crippen MR) is 109 cm³/mol. The van der Waals surface area contributed by atoms with Crippen LogP contribution in [0.3, 0.4) is 0 Å². The van der Waals surface area contributed by atoms with E-state index in [0.29, 0.717) is 31.1 Å². The summed E-state index contributed by atoms with van der Waals surface area (Å²) < 4.78 is 29.1. The van der Waals surface area contributed by atoms with E-state index in [9.17, 15) is 13.2 Å². The van der Waals surface area contributed by atoms with E-state index in [4.69, 9.17) is 17.3 Å². The molecule has 1 aromatic heterocycles. The molecule has 2 saturated heterocycles. The molecule has 0 bridgehead atoms. The zero-order chi connectivity index (χ0) is 19.9.